The summed E-state index contributed by atoms with van der Waals surface area (Å²) in [5.41, 5.74) is 2.66. The van der Waals surface area contributed by atoms with Gasteiger partial charge in [0.05, 0.1) is 11.1 Å². The van der Waals surface area contributed by atoms with Crippen molar-refractivity contribution in [1.82, 2.24) is 0 Å². The Hall–Kier alpha value is -1.22. The zero-order chi connectivity index (χ0) is 14.9. The van der Waals surface area contributed by atoms with E-state index >= 15 is 0 Å². The van der Waals surface area contributed by atoms with E-state index in [1.165, 1.54) is 0 Å². The monoisotopic (exact) mass is 310 g/mol. The topological polar surface area (TPSA) is 29.5 Å². The number of aryl methyl sites for hydroxylation is 2. The summed E-state index contributed by atoms with van der Waals surface area (Å²) in [4.78, 5) is 0. The van der Waals surface area contributed by atoms with Crippen LogP contribution >= 0.6 is 23.2 Å². The van der Waals surface area contributed by atoms with E-state index in [0.29, 0.717) is 15.8 Å². The van der Waals surface area contributed by atoms with Crippen LogP contribution in [0.5, 0.6) is 11.5 Å². The second-order valence-corrected chi connectivity index (χ2v) is 5.68. The van der Waals surface area contributed by atoms with Crippen LogP contribution in [0.25, 0.3) is 0 Å². The Labute approximate surface area is 128 Å². The average molecular weight is 311 g/mol. The van der Waals surface area contributed by atoms with Crippen molar-refractivity contribution in [1.29, 1.82) is 0 Å². The largest absolute Gasteiger partial charge is 0.455 e. The molecule has 4 heteroatoms. The molecule has 0 bridgehead atoms. The maximum atomic E-state index is 9.53. The van der Waals surface area contributed by atoms with Crippen molar-refractivity contribution in [3.05, 3.63) is 57.1 Å². The Morgan fingerprint density at radius 1 is 1.05 bits per heavy atom. The molecule has 2 rings (SSSR count). The molecule has 2 aromatic rings. The average Bonchev–Trinajstić information content (AvgIpc) is 2.34. The van der Waals surface area contributed by atoms with Crippen LogP contribution in [0.1, 0.15) is 29.7 Å². The Morgan fingerprint density at radius 3 is 2.15 bits per heavy atom. The van der Waals surface area contributed by atoms with Crippen LogP contribution in [0.3, 0.4) is 0 Å². The summed E-state index contributed by atoms with van der Waals surface area (Å²) in [6, 6.07) is 8.97. The Bertz CT molecular complexity index is 613. The van der Waals surface area contributed by atoms with Crippen molar-refractivity contribution < 1.29 is 9.84 Å². The van der Waals surface area contributed by atoms with Crippen LogP contribution in [0.4, 0.5) is 0 Å². The molecule has 20 heavy (non-hydrogen) atoms. The molecule has 0 spiro atoms. The third-order valence-corrected chi connectivity index (χ3v) is 3.59. The molecule has 106 valence electrons. The fourth-order valence-electron chi connectivity index (χ4n) is 2.03. The fraction of sp³-hybridized carbons (Fsp3) is 0.250. The summed E-state index contributed by atoms with van der Waals surface area (Å²) >= 11 is 12.2. The Balaban J connectivity index is 2.36. The quantitative estimate of drug-likeness (QED) is 0.816. The molecule has 0 unspecified atom stereocenters. The standard InChI is InChI=1S/C16H16Cl2O2/c1-9-6-13(17)7-10(2)16(9)20-15-5-4-12(11(3)19)8-14(15)18/h4-8,11,19H,1-3H3/t11-/m1/s1. The number of rotatable bonds is 3. The molecule has 0 fully saturated rings. The lowest BCUT2D eigenvalue weighted by molar-refractivity contribution is 0.199. The number of halogens is 2. The van der Waals surface area contributed by atoms with E-state index in [0.717, 1.165) is 22.4 Å². The molecule has 0 aliphatic carbocycles. The molecule has 0 amide bonds. The highest BCUT2D eigenvalue weighted by Gasteiger charge is 2.11. The van der Waals surface area contributed by atoms with Crippen LogP contribution in [0, 0.1) is 13.8 Å². The molecule has 0 saturated carbocycles. The van der Waals surface area contributed by atoms with E-state index in [2.05, 4.69) is 0 Å². The smallest absolute Gasteiger partial charge is 0.146 e. The highest BCUT2D eigenvalue weighted by atomic mass is 35.5. The van der Waals surface area contributed by atoms with Gasteiger partial charge in [0, 0.05) is 5.02 Å². The minimum Gasteiger partial charge on any atom is -0.455 e. The summed E-state index contributed by atoms with van der Waals surface area (Å²) in [5.74, 6) is 1.31. The lowest BCUT2D eigenvalue weighted by Crippen LogP contribution is -1.94. The van der Waals surface area contributed by atoms with Crippen LogP contribution in [-0.2, 0) is 0 Å². The van der Waals surface area contributed by atoms with Crippen LogP contribution in [0.2, 0.25) is 10.0 Å². The van der Waals surface area contributed by atoms with Crippen molar-refractivity contribution in [2.45, 2.75) is 26.9 Å². The second kappa shape index (κ2) is 6.04. The molecule has 2 aromatic carbocycles. The molecule has 0 aliphatic rings. The van der Waals surface area contributed by atoms with Crippen molar-refractivity contribution in [3.8, 4) is 11.5 Å². The minimum absolute atomic E-state index is 0.470. The zero-order valence-electron chi connectivity index (χ0n) is 11.6. The van der Waals surface area contributed by atoms with Gasteiger partial charge in [-0.15, -0.1) is 0 Å². The molecule has 0 saturated heterocycles. The number of aliphatic hydroxyl groups is 1. The zero-order valence-corrected chi connectivity index (χ0v) is 13.1. The first-order chi connectivity index (χ1) is 9.38. The number of ether oxygens (including phenoxy) is 1. The SMILES string of the molecule is Cc1cc(Cl)cc(C)c1Oc1ccc([C@@H](C)O)cc1Cl. The fourth-order valence-corrected chi connectivity index (χ4v) is 2.58. The number of benzene rings is 2. The normalized spacial score (nSPS) is 12.3. The van der Waals surface area contributed by atoms with Gasteiger partial charge in [-0.1, -0.05) is 29.3 Å². The van der Waals surface area contributed by atoms with Gasteiger partial charge in [0.25, 0.3) is 0 Å². The Morgan fingerprint density at radius 2 is 1.65 bits per heavy atom. The lowest BCUT2D eigenvalue weighted by atomic mass is 10.1. The van der Waals surface area contributed by atoms with Gasteiger partial charge in [-0.25, -0.2) is 0 Å². The first-order valence-electron chi connectivity index (χ1n) is 6.30. The number of hydrogen-bond donors (Lipinski definition) is 1. The van der Waals surface area contributed by atoms with Gasteiger partial charge < -0.3 is 9.84 Å². The molecule has 1 N–H and O–H groups in total. The summed E-state index contributed by atoms with van der Waals surface area (Å²) in [5, 5.41) is 10.7. The first kappa shape index (κ1) is 15.2. The molecule has 0 heterocycles. The lowest BCUT2D eigenvalue weighted by Gasteiger charge is -2.14. The molecule has 2 nitrogen and oxygen atoms in total. The van der Waals surface area contributed by atoms with E-state index in [9.17, 15) is 5.11 Å². The van der Waals surface area contributed by atoms with Crippen molar-refractivity contribution >= 4 is 23.2 Å². The van der Waals surface area contributed by atoms with Gasteiger partial charge in [-0.2, -0.15) is 0 Å². The highest BCUT2D eigenvalue weighted by molar-refractivity contribution is 6.32. The minimum atomic E-state index is -0.555. The van der Waals surface area contributed by atoms with E-state index in [4.69, 9.17) is 27.9 Å². The van der Waals surface area contributed by atoms with Gasteiger partial charge in [0.15, 0.2) is 0 Å². The van der Waals surface area contributed by atoms with E-state index in [1.54, 1.807) is 25.1 Å². The van der Waals surface area contributed by atoms with Crippen molar-refractivity contribution in [3.63, 3.8) is 0 Å². The molecule has 1 atom stereocenters. The number of hydrogen-bond acceptors (Lipinski definition) is 2. The Kier molecular flexibility index (Phi) is 4.59. The molecule has 0 aliphatic heterocycles. The number of aliphatic hydroxyl groups excluding tert-OH is 1. The van der Waals surface area contributed by atoms with Gasteiger partial charge >= 0.3 is 0 Å². The summed E-state index contributed by atoms with van der Waals surface area (Å²) in [6.07, 6.45) is -0.555. The van der Waals surface area contributed by atoms with Gasteiger partial charge in [-0.05, 0) is 61.7 Å². The van der Waals surface area contributed by atoms with E-state index in [1.807, 2.05) is 26.0 Å². The van der Waals surface area contributed by atoms with E-state index in [-0.39, 0.29) is 0 Å². The first-order valence-corrected chi connectivity index (χ1v) is 7.06. The van der Waals surface area contributed by atoms with Gasteiger partial charge in [0.2, 0.25) is 0 Å². The maximum Gasteiger partial charge on any atom is 0.146 e. The van der Waals surface area contributed by atoms with Crippen molar-refractivity contribution in [2.24, 2.45) is 0 Å². The summed E-state index contributed by atoms with van der Waals surface area (Å²) in [7, 11) is 0. The second-order valence-electron chi connectivity index (χ2n) is 4.84. The van der Waals surface area contributed by atoms with Crippen LogP contribution < -0.4 is 4.74 Å². The predicted molar refractivity (Wildman–Crippen MR) is 83.1 cm³/mol. The van der Waals surface area contributed by atoms with Gasteiger partial charge in [0.1, 0.15) is 11.5 Å². The highest BCUT2D eigenvalue weighted by Crippen LogP contribution is 2.35. The molecular weight excluding hydrogens is 295 g/mol. The van der Waals surface area contributed by atoms with Crippen LogP contribution in [-0.4, -0.2) is 5.11 Å². The molecule has 0 radical (unpaired) electrons. The molecular formula is C16H16Cl2O2. The van der Waals surface area contributed by atoms with E-state index < -0.39 is 6.10 Å². The third kappa shape index (κ3) is 3.26. The predicted octanol–water partition coefficient (Wildman–Crippen LogP) is 5.46. The molecule has 0 aromatic heterocycles. The summed E-state index contributed by atoms with van der Waals surface area (Å²) < 4.78 is 5.89. The van der Waals surface area contributed by atoms with Crippen molar-refractivity contribution in [2.75, 3.05) is 0 Å². The van der Waals surface area contributed by atoms with Crippen LogP contribution in [0.15, 0.2) is 30.3 Å². The van der Waals surface area contributed by atoms with Gasteiger partial charge in [-0.3, -0.25) is 0 Å². The third-order valence-electron chi connectivity index (χ3n) is 3.08. The maximum absolute atomic E-state index is 9.53. The summed E-state index contributed by atoms with van der Waals surface area (Å²) in [6.45, 7) is 5.57.